The Hall–Kier alpha value is -1.75. The highest BCUT2D eigenvalue weighted by molar-refractivity contribution is 5.96. The number of amides is 1. The number of rotatable bonds is 7. The fourth-order valence-electron chi connectivity index (χ4n) is 1.66. The van der Waals surface area contributed by atoms with E-state index in [1.165, 1.54) is 0 Å². The second-order valence-corrected chi connectivity index (χ2v) is 4.78. The summed E-state index contributed by atoms with van der Waals surface area (Å²) in [7, 11) is 0. The molecule has 0 aliphatic heterocycles. The molecule has 1 aromatic carbocycles. The summed E-state index contributed by atoms with van der Waals surface area (Å²) in [5.41, 5.74) is 6.43. The van der Waals surface area contributed by atoms with Gasteiger partial charge in [-0.05, 0) is 31.9 Å². The van der Waals surface area contributed by atoms with Crippen molar-refractivity contribution in [1.82, 2.24) is 0 Å². The number of nitrogens with one attached hydrogen (secondary N) is 1. The van der Waals surface area contributed by atoms with Crippen molar-refractivity contribution in [3.05, 3.63) is 18.2 Å². The average Bonchev–Trinajstić information content (AvgIpc) is 2.41. The third-order valence-corrected chi connectivity index (χ3v) is 2.84. The molecule has 1 aromatic rings. The molecule has 5 nitrogen and oxygen atoms in total. The molecular formula is C15H24N2O3. The van der Waals surface area contributed by atoms with Gasteiger partial charge in [0.25, 0.3) is 0 Å². The minimum absolute atomic E-state index is 0.0700. The summed E-state index contributed by atoms with van der Waals surface area (Å²) in [5.74, 6) is 1.14. The molecule has 1 rings (SSSR count). The Morgan fingerprint density at radius 2 is 1.90 bits per heavy atom. The summed E-state index contributed by atoms with van der Waals surface area (Å²) in [4.78, 5) is 12.0. The molecule has 0 aromatic heterocycles. The SMILES string of the molecule is CCOc1ccc(OCC)c(NC(=O)C(N)C(C)C)c1. The summed E-state index contributed by atoms with van der Waals surface area (Å²) >= 11 is 0. The van der Waals surface area contributed by atoms with Gasteiger partial charge >= 0.3 is 0 Å². The smallest absolute Gasteiger partial charge is 0.241 e. The van der Waals surface area contributed by atoms with Crippen molar-refractivity contribution in [3.8, 4) is 11.5 Å². The van der Waals surface area contributed by atoms with Gasteiger partial charge in [0.15, 0.2) is 0 Å². The summed E-state index contributed by atoms with van der Waals surface area (Å²) in [6.07, 6.45) is 0. The van der Waals surface area contributed by atoms with Crippen LogP contribution >= 0.6 is 0 Å². The van der Waals surface area contributed by atoms with Crippen LogP contribution in [0.3, 0.4) is 0 Å². The minimum Gasteiger partial charge on any atom is -0.494 e. The number of anilines is 1. The van der Waals surface area contributed by atoms with Gasteiger partial charge in [-0.3, -0.25) is 4.79 Å². The van der Waals surface area contributed by atoms with Crippen molar-refractivity contribution < 1.29 is 14.3 Å². The van der Waals surface area contributed by atoms with E-state index < -0.39 is 6.04 Å². The number of carbonyl (C=O) groups excluding carboxylic acids is 1. The zero-order chi connectivity index (χ0) is 15.1. The standard InChI is InChI=1S/C15H24N2O3/c1-5-19-11-7-8-13(20-6-2)12(9-11)17-15(18)14(16)10(3)4/h7-10,14H,5-6,16H2,1-4H3,(H,17,18). The fraction of sp³-hybridized carbons (Fsp3) is 0.533. The second-order valence-electron chi connectivity index (χ2n) is 4.78. The number of hydrogen-bond acceptors (Lipinski definition) is 4. The molecule has 0 saturated carbocycles. The molecule has 0 radical (unpaired) electrons. The van der Waals surface area contributed by atoms with Gasteiger partial charge in [-0.15, -0.1) is 0 Å². The van der Waals surface area contributed by atoms with Crippen LogP contribution in [0.4, 0.5) is 5.69 Å². The minimum atomic E-state index is -0.555. The summed E-state index contributed by atoms with van der Waals surface area (Å²) in [6.45, 7) is 8.69. The molecule has 1 amide bonds. The molecule has 0 aliphatic rings. The number of benzene rings is 1. The Morgan fingerprint density at radius 1 is 1.25 bits per heavy atom. The van der Waals surface area contributed by atoms with Crippen LogP contribution in [-0.2, 0) is 4.79 Å². The van der Waals surface area contributed by atoms with Gasteiger partial charge in [0.05, 0.1) is 24.9 Å². The first-order valence-corrected chi connectivity index (χ1v) is 6.95. The monoisotopic (exact) mass is 280 g/mol. The number of carbonyl (C=O) groups is 1. The maximum Gasteiger partial charge on any atom is 0.241 e. The molecule has 1 unspecified atom stereocenters. The number of hydrogen-bond donors (Lipinski definition) is 2. The van der Waals surface area contributed by atoms with Gasteiger partial charge in [-0.25, -0.2) is 0 Å². The van der Waals surface area contributed by atoms with E-state index >= 15 is 0 Å². The van der Waals surface area contributed by atoms with E-state index in [4.69, 9.17) is 15.2 Å². The highest BCUT2D eigenvalue weighted by atomic mass is 16.5. The predicted octanol–water partition coefficient (Wildman–Crippen LogP) is 2.41. The largest absolute Gasteiger partial charge is 0.494 e. The van der Waals surface area contributed by atoms with Crippen molar-refractivity contribution in [2.24, 2.45) is 11.7 Å². The lowest BCUT2D eigenvalue weighted by Gasteiger charge is -2.18. The van der Waals surface area contributed by atoms with Gasteiger partial charge < -0.3 is 20.5 Å². The second kappa shape index (κ2) is 7.75. The van der Waals surface area contributed by atoms with Gasteiger partial charge in [0.2, 0.25) is 5.91 Å². The zero-order valence-corrected chi connectivity index (χ0v) is 12.6. The Labute approximate surface area is 120 Å². The Bertz CT molecular complexity index is 447. The van der Waals surface area contributed by atoms with E-state index in [0.29, 0.717) is 30.4 Å². The lowest BCUT2D eigenvalue weighted by molar-refractivity contribution is -0.118. The van der Waals surface area contributed by atoms with Crippen LogP contribution < -0.4 is 20.5 Å². The maximum atomic E-state index is 12.0. The third-order valence-electron chi connectivity index (χ3n) is 2.84. The van der Waals surface area contributed by atoms with Crippen LogP contribution in [0.1, 0.15) is 27.7 Å². The summed E-state index contributed by atoms with van der Waals surface area (Å²) in [6, 6.07) is 4.79. The highest BCUT2D eigenvalue weighted by Gasteiger charge is 2.19. The van der Waals surface area contributed by atoms with Crippen LogP contribution in [0.5, 0.6) is 11.5 Å². The van der Waals surface area contributed by atoms with Crippen molar-refractivity contribution in [1.29, 1.82) is 0 Å². The Morgan fingerprint density at radius 3 is 2.45 bits per heavy atom. The first kappa shape index (κ1) is 16.3. The molecule has 0 heterocycles. The van der Waals surface area contributed by atoms with Gasteiger partial charge in [-0.1, -0.05) is 13.8 Å². The molecule has 3 N–H and O–H groups in total. The molecule has 0 bridgehead atoms. The number of nitrogens with two attached hydrogens (primary N) is 1. The summed E-state index contributed by atoms with van der Waals surface area (Å²) in [5, 5.41) is 2.81. The quantitative estimate of drug-likeness (QED) is 0.804. The van der Waals surface area contributed by atoms with Crippen LogP contribution in [0.15, 0.2) is 18.2 Å². The van der Waals surface area contributed by atoms with Crippen LogP contribution in [0.25, 0.3) is 0 Å². The molecule has 112 valence electrons. The molecular weight excluding hydrogens is 256 g/mol. The molecule has 0 fully saturated rings. The predicted molar refractivity (Wildman–Crippen MR) is 80.2 cm³/mol. The first-order valence-electron chi connectivity index (χ1n) is 6.95. The molecule has 0 spiro atoms. The van der Waals surface area contributed by atoms with E-state index in [1.807, 2.05) is 33.8 Å². The molecule has 20 heavy (non-hydrogen) atoms. The van der Waals surface area contributed by atoms with E-state index in [9.17, 15) is 4.79 Å². The van der Waals surface area contributed by atoms with Crippen molar-refractivity contribution >= 4 is 11.6 Å². The van der Waals surface area contributed by atoms with Crippen LogP contribution in [0, 0.1) is 5.92 Å². The Kier molecular flexibility index (Phi) is 6.31. The maximum absolute atomic E-state index is 12.0. The lowest BCUT2D eigenvalue weighted by Crippen LogP contribution is -2.39. The third kappa shape index (κ3) is 4.42. The number of ether oxygens (including phenoxy) is 2. The topological polar surface area (TPSA) is 73.6 Å². The van der Waals surface area contributed by atoms with Crippen molar-refractivity contribution in [2.45, 2.75) is 33.7 Å². The van der Waals surface area contributed by atoms with E-state index in [0.717, 1.165) is 0 Å². The van der Waals surface area contributed by atoms with E-state index in [1.54, 1.807) is 12.1 Å². The van der Waals surface area contributed by atoms with Gasteiger partial charge in [0.1, 0.15) is 11.5 Å². The van der Waals surface area contributed by atoms with E-state index in [-0.39, 0.29) is 11.8 Å². The van der Waals surface area contributed by atoms with Crippen LogP contribution in [0.2, 0.25) is 0 Å². The van der Waals surface area contributed by atoms with Crippen molar-refractivity contribution in [2.75, 3.05) is 18.5 Å². The molecule has 1 atom stereocenters. The molecule has 5 heteroatoms. The summed E-state index contributed by atoms with van der Waals surface area (Å²) < 4.78 is 10.9. The highest BCUT2D eigenvalue weighted by Crippen LogP contribution is 2.29. The molecule has 0 aliphatic carbocycles. The fourth-order valence-corrected chi connectivity index (χ4v) is 1.66. The van der Waals surface area contributed by atoms with E-state index in [2.05, 4.69) is 5.32 Å². The first-order chi connectivity index (χ1) is 9.49. The molecule has 0 saturated heterocycles. The van der Waals surface area contributed by atoms with Crippen LogP contribution in [-0.4, -0.2) is 25.2 Å². The normalized spacial score (nSPS) is 12.1. The average molecular weight is 280 g/mol. The van der Waals surface area contributed by atoms with Crippen molar-refractivity contribution in [3.63, 3.8) is 0 Å². The Balaban J connectivity index is 2.94. The lowest BCUT2D eigenvalue weighted by atomic mass is 10.0. The van der Waals surface area contributed by atoms with Gasteiger partial charge in [0, 0.05) is 6.07 Å². The van der Waals surface area contributed by atoms with Gasteiger partial charge in [-0.2, -0.15) is 0 Å². The zero-order valence-electron chi connectivity index (χ0n) is 12.6.